The molecule has 0 spiro atoms. The summed E-state index contributed by atoms with van der Waals surface area (Å²) in [5, 5.41) is 0. The lowest BCUT2D eigenvalue weighted by Crippen LogP contribution is -1.93. The van der Waals surface area contributed by atoms with Gasteiger partial charge in [0.15, 0.2) is 5.52 Å². The van der Waals surface area contributed by atoms with E-state index in [0.717, 1.165) is 11.4 Å². The first-order chi connectivity index (χ1) is 6.63. The molecule has 0 radical (unpaired) electrons. The summed E-state index contributed by atoms with van der Waals surface area (Å²) in [5.74, 6) is 1.06. The number of hydrogen-bond acceptors (Lipinski definition) is 4. The van der Waals surface area contributed by atoms with Gasteiger partial charge in [0.1, 0.15) is 11.3 Å². The maximum Gasteiger partial charge on any atom is 0.221 e. The molecule has 0 aromatic carbocycles. The predicted octanol–water partition coefficient (Wildman–Crippen LogP) is 1.17. The highest BCUT2D eigenvalue weighted by atomic mass is 16.5. The van der Waals surface area contributed by atoms with Gasteiger partial charge >= 0.3 is 0 Å². The number of aromatic nitrogens is 3. The van der Waals surface area contributed by atoms with Crippen LogP contribution in [0.25, 0.3) is 11.0 Å². The number of nitrogens with one attached hydrogen (secondary N) is 1. The number of methoxy groups -OCH3 is 1. The molecule has 2 aromatic rings. The number of ether oxygens (including phenoxy) is 1. The van der Waals surface area contributed by atoms with E-state index in [9.17, 15) is 0 Å². The third-order valence-corrected chi connectivity index (χ3v) is 2.23. The summed E-state index contributed by atoms with van der Waals surface area (Å²) in [6, 6.07) is 0. The summed E-state index contributed by atoms with van der Waals surface area (Å²) in [6.45, 7) is 3.81. The Hall–Kier alpha value is -1.78. The van der Waals surface area contributed by atoms with Crippen molar-refractivity contribution in [2.24, 2.45) is 0 Å². The summed E-state index contributed by atoms with van der Waals surface area (Å²) in [7, 11) is 1.57. The molecule has 3 N–H and O–H groups in total. The molecule has 74 valence electrons. The lowest BCUT2D eigenvalue weighted by atomic mass is 10.3. The smallest absolute Gasteiger partial charge is 0.221 e. The van der Waals surface area contributed by atoms with Crippen molar-refractivity contribution in [3.63, 3.8) is 0 Å². The molecule has 2 rings (SSSR count). The van der Waals surface area contributed by atoms with Gasteiger partial charge in [0, 0.05) is 0 Å². The van der Waals surface area contributed by atoms with Gasteiger partial charge < -0.3 is 15.5 Å². The Morgan fingerprint density at radius 3 is 2.29 bits per heavy atom. The number of aryl methyl sites for hydroxylation is 2. The highest BCUT2D eigenvalue weighted by molar-refractivity contribution is 5.90. The standard InChI is InChI=1S/C9H12N4O/c1-4-5(2)12-7-6(11-4)8(10)13-9(7)14-3/h13H,10H2,1-3H3. The third kappa shape index (κ3) is 1.09. The van der Waals surface area contributed by atoms with E-state index in [1.165, 1.54) is 0 Å². The fraction of sp³-hybridized carbons (Fsp3) is 0.333. The molecular weight excluding hydrogens is 180 g/mol. The monoisotopic (exact) mass is 192 g/mol. The predicted molar refractivity (Wildman–Crippen MR) is 54.3 cm³/mol. The first-order valence-electron chi connectivity index (χ1n) is 4.30. The number of anilines is 1. The SMILES string of the molecule is COc1[nH]c(N)c2nc(C)c(C)nc12. The molecule has 0 saturated carbocycles. The molecule has 0 aliphatic rings. The average Bonchev–Trinajstić information content (AvgIpc) is 2.45. The summed E-state index contributed by atoms with van der Waals surface area (Å²) in [6.07, 6.45) is 0. The van der Waals surface area contributed by atoms with Crippen LogP contribution < -0.4 is 10.5 Å². The largest absolute Gasteiger partial charge is 0.481 e. The van der Waals surface area contributed by atoms with E-state index >= 15 is 0 Å². The van der Waals surface area contributed by atoms with Crippen LogP contribution in [-0.4, -0.2) is 22.1 Å². The van der Waals surface area contributed by atoms with Crippen molar-refractivity contribution in [2.75, 3.05) is 12.8 Å². The van der Waals surface area contributed by atoms with Gasteiger partial charge in [-0.15, -0.1) is 0 Å². The molecule has 0 aliphatic heterocycles. The van der Waals surface area contributed by atoms with Crippen LogP contribution in [0.15, 0.2) is 0 Å². The number of nitrogens with two attached hydrogens (primary N) is 1. The summed E-state index contributed by atoms with van der Waals surface area (Å²) < 4.78 is 5.11. The first kappa shape index (κ1) is 8.80. The van der Waals surface area contributed by atoms with E-state index in [0.29, 0.717) is 22.7 Å². The van der Waals surface area contributed by atoms with Crippen molar-refractivity contribution in [1.29, 1.82) is 0 Å². The molecule has 0 amide bonds. The van der Waals surface area contributed by atoms with Gasteiger partial charge in [-0.3, -0.25) is 0 Å². The molecule has 0 saturated heterocycles. The van der Waals surface area contributed by atoms with Gasteiger partial charge in [-0.1, -0.05) is 0 Å². The molecule has 0 unspecified atom stereocenters. The Kier molecular flexibility index (Phi) is 1.80. The Labute approximate surface area is 81.3 Å². The molecule has 2 aromatic heterocycles. The fourth-order valence-electron chi connectivity index (χ4n) is 1.34. The van der Waals surface area contributed by atoms with Crippen LogP contribution in [0.2, 0.25) is 0 Å². The zero-order chi connectivity index (χ0) is 10.3. The topological polar surface area (TPSA) is 76.8 Å². The van der Waals surface area contributed by atoms with E-state index < -0.39 is 0 Å². The average molecular weight is 192 g/mol. The lowest BCUT2D eigenvalue weighted by molar-refractivity contribution is 0.404. The minimum absolute atomic E-state index is 0.493. The summed E-state index contributed by atoms with van der Waals surface area (Å²) in [5.41, 5.74) is 8.86. The molecule has 0 atom stereocenters. The second-order valence-electron chi connectivity index (χ2n) is 3.16. The highest BCUT2D eigenvalue weighted by Gasteiger charge is 2.12. The lowest BCUT2D eigenvalue weighted by Gasteiger charge is -1.99. The van der Waals surface area contributed by atoms with Crippen molar-refractivity contribution in [1.82, 2.24) is 15.0 Å². The van der Waals surface area contributed by atoms with Crippen LogP contribution in [0.1, 0.15) is 11.4 Å². The molecule has 0 aliphatic carbocycles. The minimum atomic E-state index is 0.493. The van der Waals surface area contributed by atoms with Gasteiger partial charge in [-0.2, -0.15) is 0 Å². The maximum atomic E-state index is 5.73. The van der Waals surface area contributed by atoms with Crippen LogP contribution in [0, 0.1) is 13.8 Å². The van der Waals surface area contributed by atoms with Crippen LogP contribution >= 0.6 is 0 Å². The number of H-pyrrole nitrogens is 1. The molecule has 5 heteroatoms. The normalized spacial score (nSPS) is 10.8. The molecular formula is C9H12N4O. The molecule has 14 heavy (non-hydrogen) atoms. The van der Waals surface area contributed by atoms with Gasteiger partial charge in [0.05, 0.1) is 18.5 Å². The van der Waals surface area contributed by atoms with Crippen molar-refractivity contribution in [3.05, 3.63) is 11.4 Å². The Balaban J connectivity index is 2.84. The fourth-order valence-corrected chi connectivity index (χ4v) is 1.34. The molecule has 0 fully saturated rings. The second kappa shape index (κ2) is 2.87. The Morgan fingerprint density at radius 1 is 1.14 bits per heavy atom. The number of hydrogen-bond donors (Lipinski definition) is 2. The zero-order valence-corrected chi connectivity index (χ0v) is 8.38. The Bertz CT molecular complexity index is 489. The van der Waals surface area contributed by atoms with E-state index in [1.807, 2.05) is 13.8 Å². The molecule has 5 nitrogen and oxygen atoms in total. The highest BCUT2D eigenvalue weighted by Crippen LogP contribution is 2.27. The minimum Gasteiger partial charge on any atom is -0.481 e. The summed E-state index contributed by atoms with van der Waals surface area (Å²) in [4.78, 5) is 11.6. The zero-order valence-electron chi connectivity index (χ0n) is 8.38. The van der Waals surface area contributed by atoms with E-state index in [4.69, 9.17) is 10.5 Å². The van der Waals surface area contributed by atoms with E-state index in [1.54, 1.807) is 7.11 Å². The first-order valence-corrected chi connectivity index (χ1v) is 4.30. The van der Waals surface area contributed by atoms with Crippen LogP contribution in [0.3, 0.4) is 0 Å². The van der Waals surface area contributed by atoms with Crippen LogP contribution in [0.5, 0.6) is 5.88 Å². The number of fused-ring (bicyclic) bond motifs is 1. The number of nitrogens with zero attached hydrogens (tertiary/aromatic N) is 2. The van der Waals surface area contributed by atoms with Gasteiger partial charge in [0.2, 0.25) is 5.88 Å². The summed E-state index contributed by atoms with van der Waals surface area (Å²) >= 11 is 0. The second-order valence-corrected chi connectivity index (χ2v) is 3.16. The number of rotatable bonds is 1. The van der Waals surface area contributed by atoms with Crippen molar-refractivity contribution < 1.29 is 4.74 Å². The quantitative estimate of drug-likeness (QED) is 0.711. The maximum absolute atomic E-state index is 5.73. The Morgan fingerprint density at radius 2 is 1.71 bits per heavy atom. The van der Waals surface area contributed by atoms with Crippen molar-refractivity contribution in [2.45, 2.75) is 13.8 Å². The van der Waals surface area contributed by atoms with Crippen molar-refractivity contribution >= 4 is 16.9 Å². The van der Waals surface area contributed by atoms with Crippen LogP contribution in [-0.2, 0) is 0 Å². The number of nitrogen functional groups attached to an aromatic ring is 1. The molecule has 2 heterocycles. The van der Waals surface area contributed by atoms with Crippen molar-refractivity contribution in [3.8, 4) is 5.88 Å². The van der Waals surface area contributed by atoms with Gasteiger partial charge in [-0.25, -0.2) is 9.97 Å². The van der Waals surface area contributed by atoms with Gasteiger partial charge in [0.25, 0.3) is 0 Å². The molecule has 0 bridgehead atoms. The van der Waals surface area contributed by atoms with Crippen LogP contribution in [0.4, 0.5) is 5.82 Å². The third-order valence-electron chi connectivity index (χ3n) is 2.23. The van der Waals surface area contributed by atoms with Gasteiger partial charge in [-0.05, 0) is 13.8 Å². The van der Waals surface area contributed by atoms with E-state index in [-0.39, 0.29) is 0 Å². The number of aromatic amines is 1. The van der Waals surface area contributed by atoms with E-state index in [2.05, 4.69) is 15.0 Å².